The largest absolute Gasteiger partial charge is 0.447 e. The highest BCUT2D eigenvalue weighted by Crippen LogP contribution is 2.49. The normalized spacial score (nSPS) is 35.5. The monoisotopic (exact) mass is 181 g/mol. The molecule has 0 aromatic heterocycles. The molecule has 0 aromatic rings. The Morgan fingerprint density at radius 1 is 1.38 bits per heavy atom. The molecule has 1 spiro atoms. The third-order valence-electron chi connectivity index (χ3n) is 4.00. The lowest BCUT2D eigenvalue weighted by Gasteiger charge is -2.48. The zero-order valence-electron chi connectivity index (χ0n) is 7.79. The molecule has 1 unspecified atom stereocenters. The number of cyclic esters (lactones) is 1. The molecular formula is C10H15NO2. The van der Waals surface area contributed by atoms with Gasteiger partial charge in [0.05, 0.1) is 6.04 Å². The lowest BCUT2D eigenvalue weighted by molar-refractivity contribution is 0.0236. The van der Waals surface area contributed by atoms with Crippen LogP contribution < -0.4 is 0 Å². The van der Waals surface area contributed by atoms with Gasteiger partial charge in [-0.1, -0.05) is 6.42 Å². The van der Waals surface area contributed by atoms with Crippen molar-refractivity contribution in [1.29, 1.82) is 0 Å². The molecule has 3 nitrogen and oxygen atoms in total. The summed E-state index contributed by atoms with van der Waals surface area (Å²) in [6.45, 7) is 1.60. The molecule has 0 N–H and O–H groups in total. The summed E-state index contributed by atoms with van der Waals surface area (Å²) in [7, 11) is 0. The van der Waals surface area contributed by atoms with Crippen molar-refractivity contribution in [2.45, 2.75) is 38.1 Å². The molecule has 72 valence electrons. The molecule has 3 rings (SSSR count). The maximum atomic E-state index is 11.3. The van der Waals surface area contributed by atoms with E-state index in [0.29, 0.717) is 18.1 Å². The summed E-state index contributed by atoms with van der Waals surface area (Å²) in [5, 5.41) is 0. The second kappa shape index (κ2) is 2.40. The molecule has 2 heterocycles. The summed E-state index contributed by atoms with van der Waals surface area (Å²) in [5.74, 6) is 0. The summed E-state index contributed by atoms with van der Waals surface area (Å²) < 4.78 is 5.05. The van der Waals surface area contributed by atoms with Crippen LogP contribution >= 0.6 is 0 Å². The molecule has 13 heavy (non-hydrogen) atoms. The van der Waals surface area contributed by atoms with Gasteiger partial charge < -0.3 is 9.64 Å². The molecule has 1 amide bonds. The van der Waals surface area contributed by atoms with E-state index in [4.69, 9.17) is 4.74 Å². The Hall–Kier alpha value is -0.730. The van der Waals surface area contributed by atoms with Crippen molar-refractivity contribution in [3.05, 3.63) is 0 Å². The number of carbonyl (C=O) groups excluding carboxylic acids is 1. The van der Waals surface area contributed by atoms with Crippen molar-refractivity contribution in [2.24, 2.45) is 5.41 Å². The van der Waals surface area contributed by atoms with Gasteiger partial charge in [0.15, 0.2) is 0 Å². The Kier molecular flexibility index (Phi) is 1.41. The first-order valence-electron chi connectivity index (χ1n) is 5.23. The Morgan fingerprint density at radius 3 is 2.92 bits per heavy atom. The van der Waals surface area contributed by atoms with E-state index in [-0.39, 0.29) is 6.09 Å². The molecule has 2 saturated heterocycles. The predicted octanol–water partition coefficient (Wildman–Crippen LogP) is 1.77. The average molecular weight is 181 g/mol. The van der Waals surface area contributed by atoms with Gasteiger partial charge in [-0.2, -0.15) is 0 Å². The Balaban J connectivity index is 1.78. The smallest absolute Gasteiger partial charge is 0.410 e. The van der Waals surface area contributed by atoms with Gasteiger partial charge in [0, 0.05) is 6.54 Å². The molecule has 1 saturated carbocycles. The van der Waals surface area contributed by atoms with Crippen LogP contribution in [0, 0.1) is 5.41 Å². The molecule has 0 aromatic carbocycles. The lowest BCUT2D eigenvalue weighted by Crippen LogP contribution is -2.50. The van der Waals surface area contributed by atoms with E-state index in [1.807, 2.05) is 4.90 Å². The van der Waals surface area contributed by atoms with Crippen LogP contribution in [0.2, 0.25) is 0 Å². The fourth-order valence-electron chi connectivity index (χ4n) is 2.92. The van der Waals surface area contributed by atoms with Crippen LogP contribution in [0.4, 0.5) is 4.79 Å². The highest BCUT2D eigenvalue weighted by atomic mass is 16.6. The number of nitrogens with zero attached hydrogens (tertiary/aromatic N) is 1. The lowest BCUT2D eigenvalue weighted by atomic mass is 9.63. The van der Waals surface area contributed by atoms with E-state index < -0.39 is 0 Å². The highest BCUT2D eigenvalue weighted by Gasteiger charge is 2.47. The Labute approximate surface area is 78.0 Å². The van der Waals surface area contributed by atoms with Crippen molar-refractivity contribution >= 4 is 6.09 Å². The predicted molar refractivity (Wildman–Crippen MR) is 47.4 cm³/mol. The van der Waals surface area contributed by atoms with Crippen molar-refractivity contribution in [3.8, 4) is 0 Å². The van der Waals surface area contributed by atoms with E-state index in [2.05, 4.69) is 0 Å². The van der Waals surface area contributed by atoms with Crippen LogP contribution in [-0.2, 0) is 4.74 Å². The fourth-order valence-corrected chi connectivity index (χ4v) is 2.92. The summed E-state index contributed by atoms with van der Waals surface area (Å²) in [6, 6.07) is 0.402. The molecule has 0 bridgehead atoms. The maximum Gasteiger partial charge on any atom is 0.410 e. The Morgan fingerprint density at radius 2 is 2.23 bits per heavy atom. The zero-order chi connectivity index (χ0) is 8.89. The van der Waals surface area contributed by atoms with Crippen molar-refractivity contribution < 1.29 is 9.53 Å². The first kappa shape index (κ1) is 7.65. The van der Waals surface area contributed by atoms with Crippen molar-refractivity contribution in [3.63, 3.8) is 0 Å². The van der Waals surface area contributed by atoms with Gasteiger partial charge in [0.2, 0.25) is 0 Å². The van der Waals surface area contributed by atoms with Gasteiger partial charge in [0.1, 0.15) is 6.61 Å². The van der Waals surface area contributed by atoms with E-state index in [0.717, 1.165) is 13.0 Å². The molecule has 0 radical (unpaired) electrons. The first-order valence-corrected chi connectivity index (χ1v) is 5.23. The van der Waals surface area contributed by atoms with Gasteiger partial charge in [-0.05, 0) is 31.1 Å². The molecule has 3 heteroatoms. The topological polar surface area (TPSA) is 29.5 Å². The van der Waals surface area contributed by atoms with Crippen molar-refractivity contribution in [1.82, 2.24) is 4.90 Å². The van der Waals surface area contributed by atoms with E-state index in [9.17, 15) is 4.79 Å². The number of hydrogen-bond acceptors (Lipinski definition) is 2. The summed E-state index contributed by atoms with van der Waals surface area (Å²) >= 11 is 0. The standard InChI is InChI=1S/C10H15NO2/c12-9-11-7-10(3-1-4-10)5-2-8(11)6-13-9/h8H,1-7H2. The second-order valence-electron chi connectivity index (χ2n) is 4.75. The highest BCUT2D eigenvalue weighted by molar-refractivity contribution is 5.70. The summed E-state index contributed by atoms with van der Waals surface area (Å²) in [4.78, 5) is 13.3. The number of rotatable bonds is 0. The number of hydrogen-bond donors (Lipinski definition) is 0. The van der Waals surface area contributed by atoms with Gasteiger partial charge in [-0.15, -0.1) is 0 Å². The third kappa shape index (κ3) is 0.990. The molecule has 2 aliphatic heterocycles. The van der Waals surface area contributed by atoms with Crippen LogP contribution in [0.1, 0.15) is 32.1 Å². The minimum Gasteiger partial charge on any atom is -0.447 e. The van der Waals surface area contributed by atoms with E-state index in [1.54, 1.807) is 0 Å². The first-order chi connectivity index (χ1) is 6.29. The van der Waals surface area contributed by atoms with Crippen molar-refractivity contribution in [2.75, 3.05) is 13.2 Å². The number of ether oxygens (including phenoxy) is 1. The molecule has 1 atom stereocenters. The number of fused-ring (bicyclic) bond motifs is 1. The quantitative estimate of drug-likeness (QED) is 0.570. The molecule has 3 fully saturated rings. The fraction of sp³-hybridized carbons (Fsp3) is 0.900. The molecule has 3 aliphatic rings. The van der Waals surface area contributed by atoms with Gasteiger partial charge in [0.25, 0.3) is 0 Å². The Bertz CT molecular complexity index is 247. The SMILES string of the molecule is O=C1OCC2CCC3(CCC3)CN12. The van der Waals surface area contributed by atoms with Crippen LogP contribution in [0.15, 0.2) is 0 Å². The summed E-state index contributed by atoms with van der Waals surface area (Å²) in [6.07, 6.45) is 6.40. The minimum absolute atomic E-state index is 0.0732. The third-order valence-corrected chi connectivity index (χ3v) is 4.00. The molecule has 1 aliphatic carbocycles. The van der Waals surface area contributed by atoms with Gasteiger partial charge >= 0.3 is 6.09 Å². The van der Waals surface area contributed by atoms with Crippen LogP contribution in [0.25, 0.3) is 0 Å². The maximum absolute atomic E-state index is 11.3. The van der Waals surface area contributed by atoms with Crippen LogP contribution in [0.5, 0.6) is 0 Å². The minimum atomic E-state index is -0.0732. The number of piperidine rings is 1. The van der Waals surface area contributed by atoms with E-state index >= 15 is 0 Å². The van der Waals surface area contributed by atoms with Crippen LogP contribution in [-0.4, -0.2) is 30.2 Å². The van der Waals surface area contributed by atoms with Crippen LogP contribution in [0.3, 0.4) is 0 Å². The average Bonchev–Trinajstić information content (AvgIpc) is 2.45. The second-order valence-corrected chi connectivity index (χ2v) is 4.75. The number of amides is 1. The summed E-state index contributed by atoms with van der Waals surface area (Å²) in [5.41, 5.74) is 0.500. The van der Waals surface area contributed by atoms with Gasteiger partial charge in [-0.25, -0.2) is 4.79 Å². The molecular weight excluding hydrogens is 166 g/mol. The number of carbonyl (C=O) groups is 1. The zero-order valence-corrected chi connectivity index (χ0v) is 7.79. The van der Waals surface area contributed by atoms with Gasteiger partial charge in [-0.3, -0.25) is 0 Å². The van der Waals surface area contributed by atoms with E-state index in [1.165, 1.54) is 25.7 Å².